The smallest absolute Gasteiger partial charge is 0.194 e. The van der Waals surface area contributed by atoms with Crippen molar-refractivity contribution in [2.24, 2.45) is 11.8 Å². The molecule has 2 saturated carbocycles. The maximum Gasteiger partial charge on any atom is 0.194 e. The van der Waals surface area contributed by atoms with Gasteiger partial charge in [-0.3, -0.25) is 0 Å². The van der Waals surface area contributed by atoms with E-state index in [4.69, 9.17) is 4.74 Å². The van der Waals surface area contributed by atoms with Gasteiger partial charge in [-0.2, -0.15) is 0 Å². The van der Waals surface area contributed by atoms with Crippen molar-refractivity contribution in [1.82, 2.24) is 0 Å². The van der Waals surface area contributed by atoms with Crippen molar-refractivity contribution in [3.05, 3.63) is 141 Å². The maximum absolute atomic E-state index is 15.7. The van der Waals surface area contributed by atoms with Crippen LogP contribution in [0.2, 0.25) is 0 Å². The highest BCUT2D eigenvalue weighted by Gasteiger charge is 2.32. The van der Waals surface area contributed by atoms with Crippen molar-refractivity contribution < 1.29 is 31.1 Å². The molecule has 0 saturated heterocycles. The third kappa shape index (κ3) is 10.1. The van der Waals surface area contributed by atoms with E-state index in [1.807, 2.05) is 24.3 Å². The van der Waals surface area contributed by atoms with E-state index in [0.717, 1.165) is 72.9 Å². The van der Waals surface area contributed by atoms with E-state index in [0.29, 0.717) is 23.0 Å². The Morgan fingerprint density at radius 1 is 0.455 bits per heavy atom. The van der Waals surface area contributed by atoms with Crippen molar-refractivity contribution >= 4 is 0 Å². The monoisotopic (exact) mass is 762 g/mol. The molecule has 55 heavy (non-hydrogen) atoms. The minimum Gasteiger partial charge on any atom is -0.356 e. The molecule has 4 aromatic rings. The van der Waals surface area contributed by atoms with E-state index in [2.05, 4.69) is 13.8 Å². The average Bonchev–Trinajstić information content (AvgIpc) is 3.21. The highest BCUT2D eigenvalue weighted by atomic mass is 19.2. The van der Waals surface area contributed by atoms with Crippen LogP contribution >= 0.6 is 0 Å². The van der Waals surface area contributed by atoms with Gasteiger partial charge in [0.25, 0.3) is 0 Å². The van der Waals surface area contributed by atoms with E-state index in [1.165, 1.54) is 77.0 Å². The first-order chi connectivity index (χ1) is 26.7. The van der Waals surface area contributed by atoms with E-state index in [9.17, 15) is 17.6 Å². The molecular formula is C48H56F6O. The molecule has 0 radical (unpaired) electrons. The van der Waals surface area contributed by atoms with Gasteiger partial charge in [-0.15, -0.1) is 0 Å². The van der Waals surface area contributed by atoms with Gasteiger partial charge in [-0.1, -0.05) is 126 Å². The van der Waals surface area contributed by atoms with E-state index < -0.39 is 47.1 Å². The van der Waals surface area contributed by atoms with Gasteiger partial charge < -0.3 is 4.74 Å². The molecule has 2 unspecified atom stereocenters. The normalized spacial score (nSPS) is 21.4. The zero-order valence-electron chi connectivity index (χ0n) is 32.4. The minimum absolute atomic E-state index is 0.292. The first-order valence-corrected chi connectivity index (χ1v) is 20.8. The van der Waals surface area contributed by atoms with Gasteiger partial charge in [0.05, 0.1) is 0 Å². The van der Waals surface area contributed by atoms with Crippen LogP contribution in [0.1, 0.15) is 174 Å². The Bertz CT molecular complexity index is 1670. The summed E-state index contributed by atoms with van der Waals surface area (Å²) in [6.45, 7) is 4.44. The van der Waals surface area contributed by atoms with Crippen molar-refractivity contribution in [3.8, 4) is 0 Å². The van der Waals surface area contributed by atoms with E-state index in [-0.39, 0.29) is 11.1 Å². The van der Waals surface area contributed by atoms with Gasteiger partial charge in [-0.25, -0.2) is 26.3 Å². The summed E-state index contributed by atoms with van der Waals surface area (Å²) in [4.78, 5) is 0. The zero-order valence-corrected chi connectivity index (χ0v) is 32.4. The van der Waals surface area contributed by atoms with Crippen LogP contribution in [-0.4, -0.2) is 0 Å². The molecule has 6 rings (SSSR count). The number of ether oxygens (including phenoxy) is 1. The topological polar surface area (TPSA) is 9.23 Å². The molecule has 0 amide bonds. The van der Waals surface area contributed by atoms with Gasteiger partial charge >= 0.3 is 0 Å². The Morgan fingerprint density at radius 2 is 0.818 bits per heavy atom. The first kappa shape index (κ1) is 41.1. The summed E-state index contributed by atoms with van der Waals surface area (Å²) in [5.74, 6) is -6.64. The molecule has 296 valence electrons. The van der Waals surface area contributed by atoms with Crippen LogP contribution in [0.4, 0.5) is 26.3 Å². The van der Waals surface area contributed by atoms with E-state index in [1.54, 1.807) is 24.3 Å². The molecule has 0 aliphatic heterocycles. The Labute approximate surface area is 323 Å². The molecule has 2 atom stereocenters. The molecule has 1 nitrogen and oxygen atoms in total. The van der Waals surface area contributed by atoms with Crippen LogP contribution in [0.5, 0.6) is 0 Å². The predicted molar refractivity (Wildman–Crippen MR) is 208 cm³/mol. The molecule has 0 N–H and O–H groups in total. The molecular weight excluding hydrogens is 707 g/mol. The minimum atomic E-state index is -1.65. The molecule has 0 bridgehead atoms. The summed E-state index contributed by atoms with van der Waals surface area (Å²) in [5.41, 5.74) is 2.55. The fourth-order valence-corrected chi connectivity index (χ4v) is 9.11. The third-order valence-electron chi connectivity index (χ3n) is 12.5. The van der Waals surface area contributed by atoms with Crippen molar-refractivity contribution in [1.29, 1.82) is 0 Å². The molecule has 2 aliphatic rings. The molecule has 0 spiro atoms. The standard InChI is InChI=1S/C48H56F6O/c1-3-5-7-9-31-11-15-33(16-12-31)35-19-23-37(24-20-35)47(39-27-29-41(49)45(53)43(39)51)55-48(40-28-30-42(50)46(54)44(40)52)38-25-21-36(22-26-38)34-17-13-32(14-18-34)10-8-6-4-2/h19-34,47-48H,3-18H2,1-2H3. The van der Waals surface area contributed by atoms with Crippen LogP contribution in [0.25, 0.3) is 0 Å². The van der Waals surface area contributed by atoms with Crippen LogP contribution in [-0.2, 0) is 4.74 Å². The predicted octanol–water partition coefficient (Wildman–Crippen LogP) is 15.1. The lowest BCUT2D eigenvalue weighted by Crippen LogP contribution is -2.18. The average molecular weight is 763 g/mol. The van der Waals surface area contributed by atoms with Gasteiger partial charge in [0.15, 0.2) is 34.9 Å². The third-order valence-corrected chi connectivity index (χ3v) is 12.5. The van der Waals surface area contributed by atoms with Gasteiger partial charge in [0.2, 0.25) is 0 Å². The number of benzene rings is 4. The summed E-state index contributed by atoms with van der Waals surface area (Å²) in [6, 6.07) is 18.9. The summed E-state index contributed by atoms with van der Waals surface area (Å²) in [6.07, 6.45) is 16.3. The highest BCUT2D eigenvalue weighted by Crippen LogP contribution is 2.43. The van der Waals surface area contributed by atoms with Crippen molar-refractivity contribution in [2.45, 2.75) is 141 Å². The van der Waals surface area contributed by atoms with Crippen LogP contribution in [0, 0.1) is 46.7 Å². The SMILES string of the molecule is CCCCCC1CCC(c2ccc(C(OC(c3ccc(C4CCC(CCCCC)CC4)cc3)c3ccc(F)c(F)c3F)c3ccc(F)c(F)c3F)cc2)CC1. The lowest BCUT2D eigenvalue weighted by molar-refractivity contribution is 0.0261. The summed E-state index contributed by atoms with van der Waals surface area (Å²) in [5, 5.41) is 0. The Hall–Kier alpha value is -3.58. The fourth-order valence-electron chi connectivity index (χ4n) is 9.11. The molecule has 2 aliphatic carbocycles. The fraction of sp³-hybridized carbons (Fsp3) is 0.500. The highest BCUT2D eigenvalue weighted by molar-refractivity contribution is 5.38. The number of rotatable bonds is 16. The van der Waals surface area contributed by atoms with Crippen LogP contribution in [0.15, 0.2) is 72.8 Å². The lowest BCUT2D eigenvalue weighted by atomic mass is 9.77. The molecule has 0 heterocycles. The number of hydrogen-bond donors (Lipinski definition) is 0. The molecule has 4 aromatic carbocycles. The van der Waals surface area contributed by atoms with Crippen molar-refractivity contribution in [2.75, 3.05) is 0 Å². The molecule has 7 heteroatoms. The Morgan fingerprint density at radius 3 is 1.16 bits per heavy atom. The second-order valence-electron chi connectivity index (χ2n) is 16.2. The number of halogens is 6. The van der Waals surface area contributed by atoms with E-state index >= 15 is 8.78 Å². The summed E-state index contributed by atoms with van der Waals surface area (Å²) < 4.78 is 96.0. The quantitative estimate of drug-likeness (QED) is 0.0627. The van der Waals surface area contributed by atoms with Gasteiger partial charge in [0, 0.05) is 11.1 Å². The second kappa shape index (κ2) is 19.5. The zero-order chi connectivity index (χ0) is 38.9. The Balaban J connectivity index is 1.29. The summed E-state index contributed by atoms with van der Waals surface area (Å²) in [7, 11) is 0. The number of unbranched alkanes of at least 4 members (excludes halogenated alkanes) is 4. The first-order valence-electron chi connectivity index (χ1n) is 20.8. The van der Waals surface area contributed by atoms with Crippen LogP contribution < -0.4 is 0 Å². The molecule has 0 aromatic heterocycles. The molecule has 2 fully saturated rings. The summed E-state index contributed by atoms with van der Waals surface area (Å²) >= 11 is 0. The lowest BCUT2D eigenvalue weighted by Gasteiger charge is -2.30. The van der Waals surface area contributed by atoms with Crippen molar-refractivity contribution in [3.63, 3.8) is 0 Å². The Kier molecular flexibility index (Phi) is 14.6. The second-order valence-corrected chi connectivity index (χ2v) is 16.2. The maximum atomic E-state index is 15.7. The van der Waals surface area contributed by atoms with Gasteiger partial charge in [-0.05, 0) is 109 Å². The van der Waals surface area contributed by atoms with Crippen LogP contribution in [0.3, 0.4) is 0 Å². The number of hydrogen-bond acceptors (Lipinski definition) is 1. The largest absolute Gasteiger partial charge is 0.356 e. The van der Waals surface area contributed by atoms with Gasteiger partial charge in [0.1, 0.15) is 12.2 Å².